The fourth-order valence-electron chi connectivity index (χ4n) is 7.24. The van der Waals surface area contributed by atoms with Crippen LogP contribution in [0.15, 0.2) is 134 Å². The molecule has 0 amide bonds. The molecule has 0 spiro atoms. The van der Waals surface area contributed by atoms with Crippen LogP contribution in [0.3, 0.4) is 0 Å². The molecule has 0 rings (SSSR count). The Balaban J connectivity index is 4.53. The number of ether oxygens (including phenoxy) is 3. The summed E-state index contributed by atoms with van der Waals surface area (Å²) in [5.41, 5.74) is 0. The van der Waals surface area contributed by atoms with Gasteiger partial charge in [-0.3, -0.25) is 14.4 Å². The number of unbranched alkanes of at least 4 members (excludes halogenated alkanes) is 16. The summed E-state index contributed by atoms with van der Waals surface area (Å²) in [5.74, 6) is -0.991. The predicted octanol–water partition coefficient (Wildman–Crippen LogP) is 19.0. The first-order chi connectivity index (χ1) is 34.5. The maximum absolute atomic E-state index is 12.8. The Labute approximate surface area is 430 Å². The van der Waals surface area contributed by atoms with E-state index in [0.29, 0.717) is 25.7 Å². The molecule has 0 heterocycles. The molecule has 0 aromatic heterocycles. The van der Waals surface area contributed by atoms with Gasteiger partial charge in [-0.15, -0.1) is 0 Å². The predicted molar refractivity (Wildman–Crippen MR) is 302 cm³/mol. The van der Waals surface area contributed by atoms with Gasteiger partial charge in [0.1, 0.15) is 13.2 Å². The Kier molecular flexibility index (Phi) is 53.5. The lowest BCUT2D eigenvalue weighted by atomic mass is 10.0. The van der Waals surface area contributed by atoms with Crippen molar-refractivity contribution in [2.75, 3.05) is 13.2 Å². The second-order valence-electron chi connectivity index (χ2n) is 18.1. The highest BCUT2D eigenvalue weighted by atomic mass is 16.6. The molecule has 0 bridgehead atoms. The smallest absolute Gasteiger partial charge is 0.306 e. The Morgan fingerprint density at radius 1 is 0.300 bits per heavy atom. The molecule has 6 heteroatoms. The molecule has 0 N–H and O–H groups in total. The molecule has 0 fully saturated rings. The maximum atomic E-state index is 12.8. The summed E-state index contributed by atoms with van der Waals surface area (Å²) in [4.78, 5) is 38.1. The molecule has 70 heavy (non-hydrogen) atoms. The average molecular weight is 968 g/mol. The van der Waals surface area contributed by atoms with Crippen molar-refractivity contribution >= 4 is 17.9 Å². The van der Waals surface area contributed by atoms with Crippen molar-refractivity contribution in [2.45, 2.75) is 239 Å². The number of esters is 3. The summed E-state index contributed by atoms with van der Waals surface area (Å²) in [6.45, 7) is 6.33. The van der Waals surface area contributed by atoms with Crippen LogP contribution in [0.4, 0.5) is 0 Å². The summed E-state index contributed by atoms with van der Waals surface area (Å²) < 4.78 is 16.8. The van der Waals surface area contributed by atoms with Gasteiger partial charge in [-0.1, -0.05) is 231 Å². The minimum absolute atomic E-state index is 0.108. The molecule has 0 aromatic carbocycles. The van der Waals surface area contributed by atoms with Gasteiger partial charge in [0.15, 0.2) is 6.10 Å². The van der Waals surface area contributed by atoms with Crippen molar-refractivity contribution in [3.8, 4) is 0 Å². The minimum Gasteiger partial charge on any atom is -0.462 e. The summed E-state index contributed by atoms with van der Waals surface area (Å²) >= 11 is 0. The van der Waals surface area contributed by atoms with E-state index >= 15 is 0 Å². The van der Waals surface area contributed by atoms with Crippen molar-refractivity contribution in [3.63, 3.8) is 0 Å². The number of rotatable bonds is 49. The molecule has 394 valence electrons. The average Bonchev–Trinajstić information content (AvgIpc) is 3.36. The fraction of sp³-hybridized carbons (Fsp3) is 0.609. The molecule has 0 aromatic rings. The van der Waals surface area contributed by atoms with Crippen LogP contribution in [-0.2, 0) is 28.6 Å². The molecule has 0 saturated carbocycles. The first-order valence-corrected chi connectivity index (χ1v) is 28.2. The number of carbonyl (C=O) groups is 3. The van der Waals surface area contributed by atoms with Crippen LogP contribution < -0.4 is 0 Å². The van der Waals surface area contributed by atoms with Crippen LogP contribution in [0.2, 0.25) is 0 Å². The molecular weight excluding hydrogens is 865 g/mol. The highest BCUT2D eigenvalue weighted by Gasteiger charge is 2.19. The maximum Gasteiger partial charge on any atom is 0.306 e. The lowest BCUT2D eigenvalue weighted by molar-refractivity contribution is -0.167. The van der Waals surface area contributed by atoms with Gasteiger partial charge in [0.2, 0.25) is 0 Å². The van der Waals surface area contributed by atoms with E-state index in [4.69, 9.17) is 14.2 Å². The molecular formula is C64H102O6. The van der Waals surface area contributed by atoms with E-state index in [1.54, 1.807) is 0 Å². The van der Waals surface area contributed by atoms with Gasteiger partial charge in [-0.2, -0.15) is 0 Å². The van der Waals surface area contributed by atoms with Crippen LogP contribution in [0.5, 0.6) is 0 Å². The summed E-state index contributed by atoms with van der Waals surface area (Å²) in [6.07, 6.45) is 80.1. The van der Waals surface area contributed by atoms with Crippen LogP contribution in [0, 0.1) is 0 Å². The van der Waals surface area contributed by atoms with Gasteiger partial charge >= 0.3 is 17.9 Å². The quantitative estimate of drug-likeness (QED) is 0.0262. The van der Waals surface area contributed by atoms with E-state index < -0.39 is 6.10 Å². The lowest BCUT2D eigenvalue weighted by Crippen LogP contribution is -2.30. The van der Waals surface area contributed by atoms with Crippen LogP contribution in [-0.4, -0.2) is 37.2 Å². The van der Waals surface area contributed by atoms with Crippen LogP contribution in [0.1, 0.15) is 233 Å². The van der Waals surface area contributed by atoms with E-state index in [-0.39, 0.29) is 37.5 Å². The van der Waals surface area contributed by atoms with Crippen molar-refractivity contribution in [3.05, 3.63) is 134 Å². The molecule has 1 unspecified atom stereocenters. The van der Waals surface area contributed by atoms with Crippen molar-refractivity contribution in [1.29, 1.82) is 0 Å². The number of carbonyl (C=O) groups excluding carboxylic acids is 3. The second kappa shape index (κ2) is 57.1. The van der Waals surface area contributed by atoms with Crippen molar-refractivity contribution in [2.24, 2.45) is 0 Å². The van der Waals surface area contributed by atoms with Gasteiger partial charge in [-0.25, -0.2) is 0 Å². The molecule has 0 saturated heterocycles. The van der Waals surface area contributed by atoms with E-state index in [9.17, 15) is 14.4 Å². The first-order valence-electron chi connectivity index (χ1n) is 28.2. The minimum atomic E-state index is -0.817. The van der Waals surface area contributed by atoms with E-state index in [0.717, 1.165) is 122 Å². The Morgan fingerprint density at radius 2 is 0.557 bits per heavy atom. The topological polar surface area (TPSA) is 78.9 Å². The number of allylic oxidation sites excluding steroid dienone is 22. The second-order valence-corrected chi connectivity index (χ2v) is 18.1. The normalized spacial score (nSPS) is 13.1. The third-order valence-electron chi connectivity index (χ3n) is 11.4. The van der Waals surface area contributed by atoms with Crippen LogP contribution in [0.25, 0.3) is 0 Å². The number of hydrogen-bond acceptors (Lipinski definition) is 6. The lowest BCUT2D eigenvalue weighted by Gasteiger charge is -2.18. The molecule has 1 atom stereocenters. The standard InChI is InChI=1S/C64H102O6/c1-4-7-10-13-16-19-22-25-27-29-31-32-34-35-37-39-42-45-48-51-54-57-63(66)69-60-61(59-68-62(65)56-53-50-47-44-41-24-21-18-15-12-9-6-3)70-64(67)58-55-52-49-46-43-40-38-36-33-30-28-26-23-20-17-14-11-8-5-2/h7-8,10-11,16-17,19-20,25-28,31-33,35-37,40,42-43,45,61H,4-6,9,12-15,18,21-24,29-30,34,38-39,41,44,46-60H2,1-3H3/b10-7-,11-8-,19-16-,20-17-,27-25-,28-26-,32-31-,36-33-,37-35-,43-40-,45-42-. The zero-order chi connectivity index (χ0) is 50.7. The monoisotopic (exact) mass is 967 g/mol. The van der Waals surface area contributed by atoms with Gasteiger partial charge in [-0.05, 0) is 116 Å². The highest BCUT2D eigenvalue weighted by Crippen LogP contribution is 2.14. The molecule has 0 aliphatic rings. The Morgan fingerprint density at radius 3 is 0.900 bits per heavy atom. The zero-order valence-corrected chi connectivity index (χ0v) is 45.0. The van der Waals surface area contributed by atoms with Gasteiger partial charge in [0, 0.05) is 19.3 Å². The van der Waals surface area contributed by atoms with Crippen LogP contribution >= 0.6 is 0 Å². The molecule has 0 aliphatic carbocycles. The summed E-state index contributed by atoms with van der Waals surface area (Å²) in [6, 6.07) is 0. The first kappa shape index (κ1) is 65.5. The summed E-state index contributed by atoms with van der Waals surface area (Å²) in [5, 5.41) is 0. The van der Waals surface area contributed by atoms with Gasteiger partial charge in [0.05, 0.1) is 0 Å². The summed E-state index contributed by atoms with van der Waals surface area (Å²) in [7, 11) is 0. The van der Waals surface area contributed by atoms with E-state index in [2.05, 4.69) is 154 Å². The number of hydrogen-bond donors (Lipinski definition) is 0. The van der Waals surface area contributed by atoms with Crippen molar-refractivity contribution < 1.29 is 28.6 Å². The van der Waals surface area contributed by atoms with Crippen molar-refractivity contribution in [1.82, 2.24) is 0 Å². The highest BCUT2D eigenvalue weighted by molar-refractivity contribution is 5.71. The fourth-order valence-corrected chi connectivity index (χ4v) is 7.24. The molecule has 0 radical (unpaired) electrons. The Hall–Kier alpha value is -4.45. The molecule has 6 nitrogen and oxygen atoms in total. The van der Waals surface area contributed by atoms with Gasteiger partial charge < -0.3 is 14.2 Å². The van der Waals surface area contributed by atoms with E-state index in [1.807, 2.05) is 0 Å². The Bertz CT molecular complexity index is 1530. The third kappa shape index (κ3) is 54.5. The van der Waals surface area contributed by atoms with Gasteiger partial charge in [0.25, 0.3) is 0 Å². The largest absolute Gasteiger partial charge is 0.462 e. The van der Waals surface area contributed by atoms with E-state index in [1.165, 1.54) is 57.8 Å². The SMILES string of the molecule is CC/C=C\C/C=C\C/C=C\C/C=C\C/C=C\C/C=C\CCCCC(=O)OCC(COC(=O)CCCCCCCCCCCCCC)OC(=O)CCCCC/C=C\C/C=C\C/C=C\C/C=C\C/C=C\CC. The third-order valence-corrected chi connectivity index (χ3v) is 11.4. The molecule has 0 aliphatic heterocycles. The zero-order valence-electron chi connectivity index (χ0n) is 45.0.